The summed E-state index contributed by atoms with van der Waals surface area (Å²) in [6, 6.07) is 6.08. The Bertz CT molecular complexity index is 948. The third-order valence-corrected chi connectivity index (χ3v) is 5.89. The van der Waals surface area contributed by atoms with E-state index in [0.717, 1.165) is 29.1 Å². The maximum Gasteiger partial charge on any atom is 0.253 e. The highest BCUT2D eigenvalue weighted by molar-refractivity contribution is 6.31. The summed E-state index contributed by atoms with van der Waals surface area (Å²) in [4.78, 5) is 30.2. The first-order valence-corrected chi connectivity index (χ1v) is 10.2. The molecule has 1 aliphatic rings. The molecule has 1 fully saturated rings. The fourth-order valence-corrected chi connectivity index (χ4v) is 4.10. The molecule has 1 aromatic heterocycles. The van der Waals surface area contributed by atoms with E-state index in [2.05, 4.69) is 22.1 Å². The zero-order valence-electron chi connectivity index (χ0n) is 17.0. The molecular weight excluding hydrogens is 374 g/mol. The molecule has 6 heteroatoms. The highest BCUT2D eigenvalue weighted by atomic mass is 35.5. The van der Waals surface area contributed by atoms with Gasteiger partial charge in [0, 0.05) is 46.7 Å². The standard InChI is InChI=1S/C22H28ClN3O2/c1-5-26(17-7-6-8-17)20-11-16(23)10-18(15(20)4)21(27)24-12-19-13(2)9-14(3)25-22(19)28/h9-11,17H,5-8,12H2,1-4H3,(H,24,27)(H,25,28). The predicted octanol–water partition coefficient (Wildman–Crippen LogP) is 4.26. The monoisotopic (exact) mass is 401 g/mol. The van der Waals surface area contributed by atoms with E-state index in [-0.39, 0.29) is 18.0 Å². The Hall–Kier alpha value is -2.27. The van der Waals surface area contributed by atoms with Gasteiger partial charge in [-0.1, -0.05) is 11.6 Å². The summed E-state index contributed by atoms with van der Waals surface area (Å²) < 4.78 is 0. The fraction of sp³-hybridized carbons (Fsp3) is 0.455. The zero-order chi connectivity index (χ0) is 20.4. The van der Waals surface area contributed by atoms with Gasteiger partial charge in [-0.2, -0.15) is 0 Å². The van der Waals surface area contributed by atoms with Crippen LogP contribution in [0.3, 0.4) is 0 Å². The molecule has 0 atom stereocenters. The molecule has 1 aromatic carbocycles. The molecule has 1 heterocycles. The average Bonchev–Trinajstić information content (AvgIpc) is 2.58. The molecule has 2 aromatic rings. The van der Waals surface area contributed by atoms with Gasteiger partial charge >= 0.3 is 0 Å². The molecule has 1 amide bonds. The summed E-state index contributed by atoms with van der Waals surface area (Å²) in [6.07, 6.45) is 3.60. The van der Waals surface area contributed by atoms with E-state index in [1.165, 1.54) is 19.3 Å². The number of amides is 1. The number of rotatable bonds is 6. The number of nitrogens with zero attached hydrogens (tertiary/aromatic N) is 1. The molecule has 28 heavy (non-hydrogen) atoms. The van der Waals surface area contributed by atoms with Crippen molar-refractivity contribution in [2.24, 2.45) is 0 Å². The van der Waals surface area contributed by atoms with E-state index in [1.807, 2.05) is 32.9 Å². The van der Waals surface area contributed by atoms with Crippen molar-refractivity contribution in [3.63, 3.8) is 0 Å². The minimum Gasteiger partial charge on any atom is -0.369 e. The molecular formula is C22H28ClN3O2. The lowest BCUT2D eigenvalue weighted by atomic mass is 9.90. The summed E-state index contributed by atoms with van der Waals surface area (Å²) in [5, 5.41) is 3.44. The largest absolute Gasteiger partial charge is 0.369 e. The van der Waals surface area contributed by atoms with Gasteiger partial charge in [0.15, 0.2) is 0 Å². The maximum absolute atomic E-state index is 12.9. The van der Waals surface area contributed by atoms with Crippen molar-refractivity contribution in [2.75, 3.05) is 11.4 Å². The number of hydrogen-bond donors (Lipinski definition) is 2. The molecule has 0 radical (unpaired) electrons. The van der Waals surface area contributed by atoms with Gasteiger partial charge in [-0.25, -0.2) is 0 Å². The second-order valence-electron chi connectivity index (χ2n) is 7.59. The summed E-state index contributed by atoms with van der Waals surface area (Å²) >= 11 is 6.36. The number of carbonyl (C=O) groups is 1. The van der Waals surface area contributed by atoms with E-state index in [0.29, 0.717) is 22.2 Å². The first-order valence-electron chi connectivity index (χ1n) is 9.86. The number of anilines is 1. The quantitative estimate of drug-likeness (QED) is 0.759. The van der Waals surface area contributed by atoms with Crippen LogP contribution in [0.1, 0.15) is 58.9 Å². The SMILES string of the molecule is CCN(c1cc(Cl)cc(C(=O)NCc2c(C)cc(C)[nH]c2=O)c1C)C1CCC1. The first-order chi connectivity index (χ1) is 13.3. The van der Waals surface area contributed by atoms with Crippen LogP contribution >= 0.6 is 11.6 Å². The molecule has 0 aliphatic heterocycles. The van der Waals surface area contributed by atoms with E-state index in [1.54, 1.807) is 6.07 Å². The maximum atomic E-state index is 12.9. The lowest BCUT2D eigenvalue weighted by Crippen LogP contribution is -2.40. The number of aromatic nitrogens is 1. The Balaban J connectivity index is 1.85. The third kappa shape index (κ3) is 4.09. The highest BCUT2D eigenvalue weighted by Crippen LogP contribution is 2.34. The minimum atomic E-state index is -0.217. The number of halogens is 1. The summed E-state index contributed by atoms with van der Waals surface area (Å²) in [5.74, 6) is -0.217. The molecule has 0 unspecified atom stereocenters. The van der Waals surface area contributed by atoms with E-state index in [4.69, 9.17) is 11.6 Å². The lowest BCUT2D eigenvalue weighted by molar-refractivity contribution is 0.0950. The van der Waals surface area contributed by atoms with Gasteiger partial charge in [0.05, 0.1) is 0 Å². The fourth-order valence-electron chi connectivity index (χ4n) is 3.89. The summed E-state index contributed by atoms with van der Waals surface area (Å²) in [7, 11) is 0. The molecule has 1 aliphatic carbocycles. The van der Waals surface area contributed by atoms with Crippen LogP contribution in [-0.4, -0.2) is 23.5 Å². The van der Waals surface area contributed by atoms with Crippen LogP contribution in [0.5, 0.6) is 0 Å². The Morgan fingerprint density at radius 3 is 2.54 bits per heavy atom. The van der Waals surface area contributed by atoms with Crippen LogP contribution in [0.25, 0.3) is 0 Å². The number of benzene rings is 1. The molecule has 0 saturated heterocycles. The predicted molar refractivity (Wildman–Crippen MR) is 115 cm³/mol. The number of H-pyrrole nitrogens is 1. The van der Waals surface area contributed by atoms with Gasteiger partial charge in [-0.05, 0) is 76.3 Å². The van der Waals surface area contributed by atoms with Gasteiger partial charge in [-0.3, -0.25) is 9.59 Å². The van der Waals surface area contributed by atoms with Crippen LogP contribution < -0.4 is 15.8 Å². The number of aromatic amines is 1. The molecule has 2 N–H and O–H groups in total. The number of hydrogen-bond acceptors (Lipinski definition) is 3. The number of carbonyl (C=O) groups excluding carboxylic acids is 1. The second-order valence-corrected chi connectivity index (χ2v) is 8.03. The lowest BCUT2D eigenvalue weighted by Gasteiger charge is -2.39. The zero-order valence-corrected chi connectivity index (χ0v) is 17.7. The van der Waals surface area contributed by atoms with Crippen LogP contribution in [0.4, 0.5) is 5.69 Å². The molecule has 1 saturated carbocycles. The van der Waals surface area contributed by atoms with E-state index in [9.17, 15) is 9.59 Å². The van der Waals surface area contributed by atoms with Gasteiger partial charge in [-0.15, -0.1) is 0 Å². The van der Waals surface area contributed by atoms with E-state index < -0.39 is 0 Å². The molecule has 150 valence electrons. The smallest absolute Gasteiger partial charge is 0.253 e. The normalized spacial score (nSPS) is 13.9. The number of nitrogens with one attached hydrogen (secondary N) is 2. The van der Waals surface area contributed by atoms with Crippen molar-refractivity contribution >= 4 is 23.2 Å². The van der Waals surface area contributed by atoms with Crippen molar-refractivity contribution in [1.29, 1.82) is 0 Å². The van der Waals surface area contributed by atoms with E-state index >= 15 is 0 Å². The molecule has 5 nitrogen and oxygen atoms in total. The van der Waals surface area contributed by atoms with Gasteiger partial charge in [0.1, 0.15) is 0 Å². The third-order valence-electron chi connectivity index (χ3n) is 5.67. The Labute approximate surface area is 171 Å². The van der Waals surface area contributed by atoms with Crippen LogP contribution in [-0.2, 0) is 6.54 Å². The first kappa shape index (κ1) is 20.5. The minimum absolute atomic E-state index is 0.163. The highest BCUT2D eigenvalue weighted by Gasteiger charge is 2.26. The van der Waals surface area contributed by atoms with Gasteiger partial charge < -0.3 is 15.2 Å². The van der Waals surface area contributed by atoms with Gasteiger partial charge in [0.2, 0.25) is 0 Å². The topological polar surface area (TPSA) is 65.2 Å². The number of pyridine rings is 1. The molecule has 0 bridgehead atoms. The van der Waals surface area contributed by atoms with Crippen molar-refractivity contribution in [3.8, 4) is 0 Å². The average molecular weight is 402 g/mol. The Morgan fingerprint density at radius 1 is 1.25 bits per heavy atom. The van der Waals surface area contributed by atoms with Crippen molar-refractivity contribution in [3.05, 3.63) is 61.5 Å². The van der Waals surface area contributed by atoms with Crippen molar-refractivity contribution in [2.45, 2.75) is 59.5 Å². The van der Waals surface area contributed by atoms with Crippen LogP contribution in [0, 0.1) is 20.8 Å². The number of aryl methyl sites for hydroxylation is 2. The van der Waals surface area contributed by atoms with Gasteiger partial charge in [0.25, 0.3) is 11.5 Å². The van der Waals surface area contributed by atoms with Crippen molar-refractivity contribution in [1.82, 2.24) is 10.3 Å². The second kappa shape index (κ2) is 8.39. The molecule has 0 spiro atoms. The summed E-state index contributed by atoms with van der Waals surface area (Å²) in [5.41, 5.74) is 4.59. The Morgan fingerprint density at radius 2 is 1.96 bits per heavy atom. The summed E-state index contributed by atoms with van der Waals surface area (Å²) in [6.45, 7) is 8.88. The van der Waals surface area contributed by atoms with Crippen LogP contribution in [0.15, 0.2) is 23.0 Å². The van der Waals surface area contributed by atoms with Crippen molar-refractivity contribution < 1.29 is 4.79 Å². The Kier molecular flexibility index (Phi) is 6.14. The van der Waals surface area contributed by atoms with Crippen LogP contribution in [0.2, 0.25) is 5.02 Å². The molecule has 3 rings (SSSR count).